The van der Waals surface area contributed by atoms with Crippen molar-refractivity contribution in [3.63, 3.8) is 0 Å². The van der Waals surface area contributed by atoms with Crippen LogP contribution in [0, 0.1) is 5.41 Å². The zero-order valence-corrected chi connectivity index (χ0v) is 11.9. The molecule has 0 radical (unpaired) electrons. The minimum atomic E-state index is -1.37. The van der Waals surface area contributed by atoms with Gasteiger partial charge >= 0.3 is 0 Å². The van der Waals surface area contributed by atoms with Gasteiger partial charge in [0, 0.05) is 18.5 Å². The number of aliphatic hydroxyl groups is 2. The molecule has 2 amide bonds. The van der Waals surface area contributed by atoms with Crippen LogP contribution in [0.1, 0.15) is 13.8 Å². The molecule has 20 heavy (non-hydrogen) atoms. The fraction of sp³-hybridized carbons (Fsp3) is 0.833. The Morgan fingerprint density at radius 2 is 1.95 bits per heavy atom. The van der Waals surface area contributed by atoms with Crippen LogP contribution >= 0.6 is 0 Å². The van der Waals surface area contributed by atoms with Crippen LogP contribution in [0.25, 0.3) is 0 Å². The summed E-state index contributed by atoms with van der Waals surface area (Å²) in [5, 5.41) is 22.9. The van der Waals surface area contributed by atoms with Gasteiger partial charge in [0.2, 0.25) is 5.91 Å². The first-order chi connectivity index (χ1) is 9.36. The summed E-state index contributed by atoms with van der Waals surface area (Å²) < 4.78 is 5.14. The SMILES string of the molecule is CC(C)(CO)[C@@H](O)C(=O)NCC(=O)NN1CCOCC1. The standard InChI is InChI=1S/C12H23N3O5/c1-12(2,8-16)10(18)11(19)13-7-9(17)14-15-3-5-20-6-4-15/h10,16,18H,3-8H2,1-2H3,(H,13,19)(H,14,17)/t10-/m0/s1. The molecular weight excluding hydrogens is 266 g/mol. The summed E-state index contributed by atoms with van der Waals surface area (Å²) in [6.07, 6.45) is -1.37. The summed E-state index contributed by atoms with van der Waals surface area (Å²) in [6, 6.07) is 0. The molecule has 4 N–H and O–H groups in total. The molecule has 1 aliphatic rings. The maximum atomic E-state index is 11.7. The fourth-order valence-corrected chi connectivity index (χ4v) is 1.60. The van der Waals surface area contributed by atoms with Crippen LogP contribution in [0.15, 0.2) is 0 Å². The summed E-state index contributed by atoms with van der Waals surface area (Å²) >= 11 is 0. The van der Waals surface area contributed by atoms with Gasteiger partial charge < -0.3 is 20.3 Å². The van der Waals surface area contributed by atoms with Crippen molar-refractivity contribution in [1.29, 1.82) is 0 Å². The first kappa shape index (κ1) is 16.8. The summed E-state index contributed by atoms with van der Waals surface area (Å²) in [5.74, 6) is -1.05. The first-order valence-corrected chi connectivity index (χ1v) is 6.55. The van der Waals surface area contributed by atoms with Crippen molar-refractivity contribution in [1.82, 2.24) is 15.8 Å². The number of ether oxygens (including phenoxy) is 1. The molecule has 8 heteroatoms. The molecule has 0 aromatic rings. The molecule has 0 aliphatic carbocycles. The molecule has 0 saturated carbocycles. The van der Waals surface area contributed by atoms with Crippen LogP contribution in [0.5, 0.6) is 0 Å². The predicted octanol–water partition coefficient (Wildman–Crippen LogP) is -2.15. The van der Waals surface area contributed by atoms with E-state index in [1.54, 1.807) is 18.9 Å². The molecule has 0 spiro atoms. The zero-order chi connectivity index (χ0) is 15.2. The number of amides is 2. The molecule has 0 unspecified atom stereocenters. The molecule has 116 valence electrons. The Kier molecular flexibility index (Phi) is 6.34. The average Bonchev–Trinajstić information content (AvgIpc) is 2.45. The summed E-state index contributed by atoms with van der Waals surface area (Å²) in [4.78, 5) is 23.3. The fourth-order valence-electron chi connectivity index (χ4n) is 1.60. The van der Waals surface area contributed by atoms with Crippen molar-refractivity contribution < 1.29 is 24.5 Å². The van der Waals surface area contributed by atoms with E-state index in [9.17, 15) is 14.7 Å². The zero-order valence-electron chi connectivity index (χ0n) is 11.9. The number of hydrogen-bond acceptors (Lipinski definition) is 6. The lowest BCUT2D eigenvalue weighted by atomic mass is 9.87. The number of nitrogens with zero attached hydrogens (tertiary/aromatic N) is 1. The quantitative estimate of drug-likeness (QED) is 0.443. The van der Waals surface area contributed by atoms with Gasteiger partial charge in [-0.15, -0.1) is 0 Å². The molecule has 1 rings (SSSR count). The van der Waals surface area contributed by atoms with Gasteiger partial charge in [0.25, 0.3) is 5.91 Å². The Morgan fingerprint density at radius 1 is 1.35 bits per heavy atom. The number of carbonyl (C=O) groups is 2. The van der Waals surface area contributed by atoms with Gasteiger partial charge in [-0.2, -0.15) is 0 Å². The van der Waals surface area contributed by atoms with E-state index in [0.29, 0.717) is 26.3 Å². The highest BCUT2D eigenvalue weighted by atomic mass is 16.5. The number of aliphatic hydroxyl groups excluding tert-OH is 2. The van der Waals surface area contributed by atoms with Crippen LogP contribution in [-0.4, -0.2) is 72.6 Å². The summed E-state index contributed by atoms with van der Waals surface area (Å²) in [6.45, 7) is 4.86. The number of hydrazine groups is 1. The van der Waals surface area contributed by atoms with Gasteiger partial charge in [0.15, 0.2) is 0 Å². The van der Waals surface area contributed by atoms with E-state index in [1.165, 1.54) is 0 Å². The van der Waals surface area contributed by atoms with Crippen molar-refractivity contribution in [3.8, 4) is 0 Å². The molecule has 8 nitrogen and oxygen atoms in total. The van der Waals surface area contributed by atoms with Crippen LogP contribution in [0.3, 0.4) is 0 Å². The smallest absolute Gasteiger partial charge is 0.253 e. The maximum absolute atomic E-state index is 11.7. The first-order valence-electron chi connectivity index (χ1n) is 6.55. The minimum absolute atomic E-state index is 0.227. The third-order valence-electron chi connectivity index (χ3n) is 3.11. The van der Waals surface area contributed by atoms with Gasteiger partial charge in [0.1, 0.15) is 6.10 Å². The minimum Gasteiger partial charge on any atom is -0.396 e. The number of morpholine rings is 1. The van der Waals surface area contributed by atoms with E-state index in [2.05, 4.69) is 10.7 Å². The highest BCUT2D eigenvalue weighted by Gasteiger charge is 2.33. The number of rotatable bonds is 6. The molecule has 1 aliphatic heterocycles. The van der Waals surface area contributed by atoms with Crippen molar-refractivity contribution in [2.24, 2.45) is 5.41 Å². The van der Waals surface area contributed by atoms with Crippen molar-refractivity contribution >= 4 is 11.8 Å². The van der Waals surface area contributed by atoms with E-state index < -0.39 is 17.4 Å². The van der Waals surface area contributed by atoms with Gasteiger partial charge in [0.05, 0.1) is 26.4 Å². The maximum Gasteiger partial charge on any atom is 0.253 e. The molecular formula is C12H23N3O5. The Labute approximate surface area is 118 Å². The second kappa shape index (κ2) is 7.53. The van der Waals surface area contributed by atoms with Gasteiger partial charge in [-0.25, -0.2) is 5.01 Å². The number of carbonyl (C=O) groups excluding carboxylic acids is 2. The highest BCUT2D eigenvalue weighted by molar-refractivity contribution is 5.87. The average molecular weight is 289 g/mol. The molecule has 1 heterocycles. The lowest BCUT2D eigenvalue weighted by molar-refractivity contribution is -0.139. The Hall–Kier alpha value is -1.22. The topological polar surface area (TPSA) is 111 Å². The molecule has 1 saturated heterocycles. The Bertz CT molecular complexity index is 342. The molecule has 1 fully saturated rings. The monoisotopic (exact) mass is 289 g/mol. The third-order valence-corrected chi connectivity index (χ3v) is 3.11. The van der Waals surface area contributed by atoms with Gasteiger partial charge in [-0.1, -0.05) is 13.8 Å². The highest BCUT2D eigenvalue weighted by Crippen LogP contribution is 2.19. The largest absolute Gasteiger partial charge is 0.396 e. The van der Waals surface area contributed by atoms with Gasteiger partial charge in [-0.05, 0) is 0 Å². The normalized spacial score (nSPS) is 18.4. The summed E-state index contributed by atoms with van der Waals surface area (Å²) in [7, 11) is 0. The van der Waals surface area contributed by atoms with Gasteiger partial charge in [-0.3, -0.25) is 15.0 Å². The second-order valence-corrected chi connectivity index (χ2v) is 5.40. The number of hydrogen-bond donors (Lipinski definition) is 4. The molecule has 0 aromatic carbocycles. The lowest BCUT2D eigenvalue weighted by Crippen LogP contribution is -2.53. The van der Waals surface area contributed by atoms with E-state index in [0.717, 1.165) is 0 Å². The third kappa shape index (κ3) is 5.04. The number of nitrogens with one attached hydrogen (secondary N) is 2. The van der Waals surface area contributed by atoms with Crippen LogP contribution in [0.4, 0.5) is 0 Å². The van der Waals surface area contributed by atoms with Crippen molar-refractivity contribution in [2.45, 2.75) is 20.0 Å². The molecule has 0 bridgehead atoms. The molecule has 0 aromatic heterocycles. The Balaban J connectivity index is 2.31. The summed E-state index contributed by atoms with van der Waals surface area (Å²) in [5.41, 5.74) is 1.68. The van der Waals surface area contributed by atoms with E-state index in [4.69, 9.17) is 9.84 Å². The van der Waals surface area contributed by atoms with Crippen LogP contribution < -0.4 is 10.7 Å². The predicted molar refractivity (Wildman–Crippen MR) is 70.4 cm³/mol. The van der Waals surface area contributed by atoms with E-state index >= 15 is 0 Å². The van der Waals surface area contributed by atoms with Crippen molar-refractivity contribution in [2.75, 3.05) is 39.5 Å². The Morgan fingerprint density at radius 3 is 2.50 bits per heavy atom. The second-order valence-electron chi connectivity index (χ2n) is 5.40. The van der Waals surface area contributed by atoms with E-state index in [-0.39, 0.29) is 19.1 Å². The molecule has 1 atom stereocenters. The lowest BCUT2D eigenvalue weighted by Gasteiger charge is -2.28. The van der Waals surface area contributed by atoms with Crippen LogP contribution in [0.2, 0.25) is 0 Å². The van der Waals surface area contributed by atoms with Crippen LogP contribution in [-0.2, 0) is 14.3 Å². The van der Waals surface area contributed by atoms with E-state index in [1.807, 2.05) is 0 Å². The van der Waals surface area contributed by atoms with Crippen molar-refractivity contribution in [3.05, 3.63) is 0 Å².